The van der Waals surface area contributed by atoms with Crippen LogP contribution in [0.25, 0.3) is 0 Å². The Morgan fingerprint density at radius 1 is 1.74 bits per heavy atom. The number of aromatic nitrogens is 2. The van der Waals surface area contributed by atoms with Crippen LogP contribution in [0.3, 0.4) is 0 Å². The molecule has 0 saturated heterocycles. The van der Waals surface area contributed by atoms with E-state index >= 15 is 0 Å². The first-order valence-electron chi connectivity index (χ1n) is 6.46. The number of carbonyl (C=O) groups excluding carboxylic acids is 1. The molecule has 6 heteroatoms. The maximum Gasteiger partial charge on any atom is 0.231 e. The van der Waals surface area contributed by atoms with E-state index in [0.29, 0.717) is 5.92 Å². The fourth-order valence-corrected chi connectivity index (χ4v) is 2.60. The molecule has 1 aromatic heterocycles. The molecule has 102 valence electrons. The predicted molar refractivity (Wildman–Crippen MR) is 73.6 cm³/mol. The Kier molecular flexibility index (Phi) is 4.15. The molecule has 5 nitrogen and oxygen atoms in total. The summed E-state index contributed by atoms with van der Waals surface area (Å²) in [5.41, 5.74) is 0.345. The van der Waals surface area contributed by atoms with Gasteiger partial charge in [0.2, 0.25) is 5.91 Å². The van der Waals surface area contributed by atoms with E-state index in [9.17, 15) is 10.1 Å². The van der Waals surface area contributed by atoms with Gasteiger partial charge < -0.3 is 10.3 Å². The van der Waals surface area contributed by atoms with Crippen molar-refractivity contribution in [3.63, 3.8) is 0 Å². The lowest BCUT2D eigenvalue weighted by molar-refractivity contribution is -0.119. The zero-order valence-electron chi connectivity index (χ0n) is 11.2. The highest BCUT2D eigenvalue weighted by molar-refractivity contribution is 7.99. The zero-order chi connectivity index (χ0) is 13.9. The Hall–Kier alpha value is -1.48. The number of carbonyl (C=O) groups is 1. The van der Waals surface area contributed by atoms with Gasteiger partial charge in [0, 0.05) is 11.9 Å². The van der Waals surface area contributed by atoms with Crippen LogP contribution < -0.4 is 5.32 Å². The molecule has 1 aliphatic rings. The Balaban J connectivity index is 1.83. The zero-order valence-corrected chi connectivity index (χ0v) is 12.0. The number of nitrogens with zero attached hydrogens (tertiary/aromatic N) is 2. The molecule has 19 heavy (non-hydrogen) atoms. The summed E-state index contributed by atoms with van der Waals surface area (Å²) in [7, 11) is 0. The van der Waals surface area contributed by atoms with E-state index < -0.39 is 5.54 Å². The summed E-state index contributed by atoms with van der Waals surface area (Å²) in [6.07, 6.45) is 4.73. The number of imidazole rings is 1. The number of aromatic amines is 1. The van der Waals surface area contributed by atoms with Crippen molar-refractivity contribution in [3.05, 3.63) is 11.9 Å². The van der Waals surface area contributed by atoms with Crippen molar-refractivity contribution >= 4 is 17.7 Å². The van der Waals surface area contributed by atoms with Crippen LogP contribution in [0.15, 0.2) is 11.4 Å². The topological polar surface area (TPSA) is 81.6 Å². The minimum absolute atomic E-state index is 0.115. The molecule has 0 aromatic carbocycles. The second-order valence-corrected chi connectivity index (χ2v) is 5.96. The molecule has 1 aromatic rings. The fourth-order valence-electron chi connectivity index (χ4n) is 1.93. The molecular weight excluding hydrogens is 260 g/mol. The summed E-state index contributed by atoms with van der Waals surface area (Å²) >= 11 is 1.36. The van der Waals surface area contributed by atoms with Gasteiger partial charge in [-0.3, -0.25) is 4.79 Å². The van der Waals surface area contributed by atoms with E-state index in [-0.39, 0.29) is 11.7 Å². The number of nitrogens with one attached hydrogen (secondary N) is 2. The quantitative estimate of drug-likeness (QED) is 0.778. The number of H-pyrrole nitrogens is 1. The third-order valence-electron chi connectivity index (χ3n) is 3.35. The molecule has 1 aliphatic carbocycles. The molecule has 1 atom stereocenters. The average molecular weight is 278 g/mol. The number of rotatable bonds is 6. The van der Waals surface area contributed by atoms with Gasteiger partial charge >= 0.3 is 0 Å². The van der Waals surface area contributed by atoms with Crippen molar-refractivity contribution in [2.45, 2.75) is 43.8 Å². The Morgan fingerprint density at radius 3 is 3.00 bits per heavy atom. The molecule has 1 amide bonds. The minimum Gasteiger partial charge on any atom is -0.337 e. The van der Waals surface area contributed by atoms with Crippen molar-refractivity contribution in [2.75, 3.05) is 5.75 Å². The second kappa shape index (κ2) is 5.66. The summed E-state index contributed by atoms with van der Waals surface area (Å²) < 4.78 is 0. The molecular formula is C13H18N4OS. The van der Waals surface area contributed by atoms with Crippen LogP contribution in [0.2, 0.25) is 0 Å². The predicted octanol–water partition coefficient (Wildman–Crippen LogP) is 1.87. The molecule has 2 N–H and O–H groups in total. The molecule has 1 fully saturated rings. The molecule has 0 aliphatic heterocycles. The van der Waals surface area contributed by atoms with Crippen LogP contribution in [-0.4, -0.2) is 27.2 Å². The maximum absolute atomic E-state index is 11.9. The molecule has 0 spiro atoms. The van der Waals surface area contributed by atoms with Gasteiger partial charge in [0.25, 0.3) is 0 Å². The van der Waals surface area contributed by atoms with E-state index in [1.807, 2.05) is 6.92 Å². The van der Waals surface area contributed by atoms with E-state index in [2.05, 4.69) is 21.4 Å². The lowest BCUT2D eigenvalue weighted by Crippen LogP contribution is -2.47. The van der Waals surface area contributed by atoms with E-state index in [1.54, 1.807) is 13.1 Å². The SMILES string of the molecule is CCc1cnc(SCC(=O)N[C@](C)(C#N)C2CC2)[nH]1. The monoisotopic (exact) mass is 278 g/mol. The summed E-state index contributed by atoms with van der Waals surface area (Å²) in [6, 6.07) is 2.22. The number of amides is 1. The minimum atomic E-state index is -0.713. The number of nitriles is 1. The van der Waals surface area contributed by atoms with Gasteiger partial charge in [0.05, 0.1) is 11.8 Å². The highest BCUT2D eigenvalue weighted by Gasteiger charge is 2.42. The van der Waals surface area contributed by atoms with E-state index in [4.69, 9.17) is 0 Å². The Bertz CT molecular complexity index is 503. The van der Waals surface area contributed by atoms with Crippen molar-refractivity contribution in [3.8, 4) is 6.07 Å². The average Bonchev–Trinajstić information content (AvgIpc) is 3.16. The third kappa shape index (κ3) is 3.51. The molecule has 0 unspecified atom stereocenters. The van der Waals surface area contributed by atoms with Crippen LogP contribution in [0.5, 0.6) is 0 Å². The lowest BCUT2D eigenvalue weighted by atomic mass is 9.98. The molecule has 1 heterocycles. The van der Waals surface area contributed by atoms with Gasteiger partial charge in [0.15, 0.2) is 5.16 Å². The van der Waals surface area contributed by atoms with Crippen LogP contribution in [-0.2, 0) is 11.2 Å². The Morgan fingerprint density at radius 2 is 2.47 bits per heavy atom. The number of hydrogen-bond acceptors (Lipinski definition) is 4. The van der Waals surface area contributed by atoms with Crippen LogP contribution in [0, 0.1) is 17.2 Å². The van der Waals surface area contributed by atoms with Gasteiger partial charge in [-0.2, -0.15) is 5.26 Å². The largest absolute Gasteiger partial charge is 0.337 e. The first kappa shape index (κ1) is 13.9. The van der Waals surface area contributed by atoms with Crippen molar-refractivity contribution in [1.82, 2.24) is 15.3 Å². The highest BCUT2D eigenvalue weighted by Crippen LogP contribution is 2.39. The first-order valence-corrected chi connectivity index (χ1v) is 7.45. The highest BCUT2D eigenvalue weighted by atomic mass is 32.2. The summed E-state index contributed by atoms with van der Waals surface area (Å²) in [4.78, 5) is 19.2. The van der Waals surface area contributed by atoms with Gasteiger partial charge in [-0.25, -0.2) is 4.98 Å². The summed E-state index contributed by atoms with van der Waals surface area (Å²) in [5.74, 6) is 0.470. The summed E-state index contributed by atoms with van der Waals surface area (Å²) in [5, 5.41) is 12.8. The van der Waals surface area contributed by atoms with Crippen molar-refractivity contribution in [2.24, 2.45) is 5.92 Å². The van der Waals surface area contributed by atoms with Crippen molar-refractivity contribution in [1.29, 1.82) is 5.26 Å². The standard InChI is InChI=1S/C13H18N4OS/c1-3-10-6-15-12(16-10)19-7-11(18)17-13(2,8-14)9-4-5-9/h6,9H,3-5,7H2,1-2H3,(H,15,16)(H,17,18)/t13-/m1/s1. The second-order valence-electron chi connectivity index (χ2n) is 4.99. The maximum atomic E-state index is 11.9. The molecule has 2 rings (SSSR count). The molecule has 0 radical (unpaired) electrons. The van der Waals surface area contributed by atoms with Gasteiger partial charge in [-0.05, 0) is 32.1 Å². The molecule has 0 bridgehead atoms. The van der Waals surface area contributed by atoms with Crippen molar-refractivity contribution < 1.29 is 4.79 Å². The first-order chi connectivity index (χ1) is 9.07. The van der Waals surface area contributed by atoms with Crippen LogP contribution in [0.4, 0.5) is 0 Å². The van der Waals surface area contributed by atoms with Crippen LogP contribution >= 0.6 is 11.8 Å². The van der Waals surface area contributed by atoms with E-state index in [1.165, 1.54) is 11.8 Å². The number of thioether (sulfide) groups is 1. The third-order valence-corrected chi connectivity index (χ3v) is 4.24. The van der Waals surface area contributed by atoms with Gasteiger partial charge in [0.1, 0.15) is 5.54 Å². The van der Waals surface area contributed by atoms with Gasteiger partial charge in [-0.1, -0.05) is 18.7 Å². The normalized spacial score (nSPS) is 17.5. The summed E-state index contributed by atoms with van der Waals surface area (Å²) in [6.45, 7) is 3.85. The van der Waals surface area contributed by atoms with Crippen LogP contribution in [0.1, 0.15) is 32.4 Å². The molecule has 1 saturated carbocycles. The Labute approximate surface area is 117 Å². The smallest absolute Gasteiger partial charge is 0.231 e. The van der Waals surface area contributed by atoms with E-state index in [0.717, 1.165) is 30.1 Å². The van der Waals surface area contributed by atoms with Gasteiger partial charge in [-0.15, -0.1) is 0 Å². The fraction of sp³-hybridized carbons (Fsp3) is 0.615. The number of aryl methyl sites for hydroxylation is 1. The number of hydrogen-bond donors (Lipinski definition) is 2. The lowest BCUT2D eigenvalue weighted by Gasteiger charge is -2.22.